The summed E-state index contributed by atoms with van der Waals surface area (Å²) in [5.41, 5.74) is 5.54. The molecule has 1 fully saturated rings. The highest BCUT2D eigenvalue weighted by atomic mass is 32.1. The highest BCUT2D eigenvalue weighted by Crippen LogP contribution is 2.31. The lowest BCUT2D eigenvalue weighted by Crippen LogP contribution is -2.49. The molecule has 20 heavy (non-hydrogen) atoms. The maximum atomic E-state index is 10.7. The molecule has 1 aliphatic rings. The second kappa shape index (κ2) is 6.54. The number of nitrogens with two attached hydrogens (primary N) is 1. The fraction of sp³-hybridized carbons (Fsp3) is 0.733. The first-order valence-electron chi connectivity index (χ1n) is 7.23. The maximum Gasteiger partial charge on any atom is 0.0818 e. The number of hydrogen-bond acceptors (Lipinski definition) is 5. The van der Waals surface area contributed by atoms with Crippen molar-refractivity contribution in [1.82, 2.24) is 4.90 Å². The molecule has 2 rings (SSSR count). The molecule has 5 heteroatoms. The van der Waals surface area contributed by atoms with Crippen LogP contribution in [0.2, 0.25) is 0 Å². The van der Waals surface area contributed by atoms with Crippen molar-refractivity contribution >= 4 is 11.3 Å². The maximum absolute atomic E-state index is 10.7. The van der Waals surface area contributed by atoms with Crippen LogP contribution in [0.3, 0.4) is 0 Å². The molecular formula is C15H26N2O2S. The van der Waals surface area contributed by atoms with E-state index in [1.807, 2.05) is 6.92 Å². The van der Waals surface area contributed by atoms with Gasteiger partial charge in [-0.2, -0.15) is 0 Å². The number of hydrogen-bond donors (Lipinski definition) is 2. The largest absolute Gasteiger partial charge is 0.388 e. The van der Waals surface area contributed by atoms with Crippen molar-refractivity contribution in [3.05, 3.63) is 21.9 Å². The summed E-state index contributed by atoms with van der Waals surface area (Å²) in [6, 6.07) is 4.47. The molecule has 1 aromatic heterocycles. The van der Waals surface area contributed by atoms with Gasteiger partial charge in [0, 0.05) is 48.4 Å². The van der Waals surface area contributed by atoms with E-state index in [0.717, 1.165) is 0 Å². The van der Waals surface area contributed by atoms with Crippen LogP contribution >= 0.6 is 11.3 Å². The summed E-state index contributed by atoms with van der Waals surface area (Å²) < 4.78 is 5.34. The molecular weight excluding hydrogens is 272 g/mol. The lowest BCUT2D eigenvalue weighted by Gasteiger charge is -2.39. The Morgan fingerprint density at radius 1 is 1.45 bits per heavy atom. The van der Waals surface area contributed by atoms with Crippen molar-refractivity contribution in [2.75, 3.05) is 26.8 Å². The highest BCUT2D eigenvalue weighted by Gasteiger charge is 2.34. The van der Waals surface area contributed by atoms with E-state index in [0.29, 0.717) is 32.6 Å². The molecule has 1 aliphatic heterocycles. The SMILES string of the molecule is Cc1ccc(C(C(C)N)N(C)CC2(O)CCOCC2)s1. The Kier molecular flexibility index (Phi) is 5.20. The van der Waals surface area contributed by atoms with Crippen molar-refractivity contribution in [3.8, 4) is 0 Å². The van der Waals surface area contributed by atoms with Gasteiger partial charge >= 0.3 is 0 Å². The minimum atomic E-state index is -0.646. The first kappa shape index (κ1) is 15.9. The van der Waals surface area contributed by atoms with Crippen LogP contribution in [0.1, 0.15) is 35.6 Å². The van der Waals surface area contributed by atoms with Crippen molar-refractivity contribution in [1.29, 1.82) is 0 Å². The number of aliphatic hydroxyl groups is 1. The van der Waals surface area contributed by atoms with Crippen LogP contribution < -0.4 is 5.73 Å². The molecule has 0 aliphatic carbocycles. The van der Waals surface area contributed by atoms with Crippen LogP contribution in [0.25, 0.3) is 0 Å². The van der Waals surface area contributed by atoms with E-state index >= 15 is 0 Å². The summed E-state index contributed by atoms with van der Waals surface area (Å²) in [5.74, 6) is 0. The molecule has 2 heterocycles. The van der Waals surface area contributed by atoms with Crippen LogP contribution in [-0.4, -0.2) is 48.5 Å². The Hall–Kier alpha value is -0.460. The molecule has 0 saturated carbocycles. The minimum absolute atomic E-state index is 0.0292. The average molecular weight is 298 g/mol. The van der Waals surface area contributed by atoms with Gasteiger partial charge in [0.1, 0.15) is 0 Å². The van der Waals surface area contributed by atoms with Gasteiger partial charge in [-0.05, 0) is 33.0 Å². The lowest BCUT2D eigenvalue weighted by atomic mass is 9.92. The number of rotatable bonds is 5. The first-order valence-corrected chi connectivity index (χ1v) is 8.05. The van der Waals surface area contributed by atoms with Gasteiger partial charge in [-0.25, -0.2) is 0 Å². The van der Waals surface area contributed by atoms with Gasteiger partial charge in [-0.15, -0.1) is 11.3 Å². The number of nitrogens with zero attached hydrogens (tertiary/aromatic N) is 1. The Bertz CT molecular complexity index is 427. The van der Waals surface area contributed by atoms with Gasteiger partial charge in [0.05, 0.1) is 11.6 Å². The fourth-order valence-corrected chi connectivity index (χ4v) is 4.12. The van der Waals surface area contributed by atoms with E-state index in [1.54, 1.807) is 11.3 Å². The van der Waals surface area contributed by atoms with Crippen LogP contribution in [0.4, 0.5) is 0 Å². The minimum Gasteiger partial charge on any atom is -0.388 e. The van der Waals surface area contributed by atoms with Crippen LogP contribution in [0.15, 0.2) is 12.1 Å². The zero-order chi connectivity index (χ0) is 14.8. The lowest BCUT2D eigenvalue weighted by molar-refractivity contribution is -0.0823. The molecule has 2 unspecified atom stereocenters. The first-order chi connectivity index (χ1) is 9.41. The van der Waals surface area contributed by atoms with Gasteiger partial charge in [-0.1, -0.05) is 0 Å². The van der Waals surface area contributed by atoms with Gasteiger partial charge in [-0.3, -0.25) is 4.90 Å². The second-order valence-corrected chi connectivity index (χ2v) is 7.32. The van der Waals surface area contributed by atoms with Crippen LogP contribution in [-0.2, 0) is 4.74 Å². The smallest absolute Gasteiger partial charge is 0.0818 e. The predicted octanol–water partition coefficient (Wildman–Crippen LogP) is 1.92. The molecule has 114 valence electrons. The standard InChI is InChI=1S/C15H26N2O2S/c1-11-4-5-13(20-11)14(12(2)16)17(3)10-15(18)6-8-19-9-7-15/h4-5,12,14,18H,6-10,16H2,1-3H3. The average Bonchev–Trinajstić information content (AvgIpc) is 2.75. The van der Waals surface area contributed by atoms with Crippen molar-refractivity contribution in [2.24, 2.45) is 5.73 Å². The normalized spacial score (nSPS) is 21.9. The molecule has 1 saturated heterocycles. The summed E-state index contributed by atoms with van der Waals surface area (Å²) in [6.07, 6.45) is 1.40. The monoisotopic (exact) mass is 298 g/mol. The molecule has 0 aromatic carbocycles. The Morgan fingerprint density at radius 2 is 2.10 bits per heavy atom. The number of likely N-dealkylation sites (N-methyl/N-ethyl adjacent to an activating group) is 1. The van der Waals surface area contributed by atoms with E-state index in [-0.39, 0.29) is 12.1 Å². The number of aryl methyl sites for hydroxylation is 1. The zero-order valence-corrected chi connectivity index (χ0v) is 13.4. The third-order valence-corrected chi connectivity index (χ3v) is 5.06. The molecule has 0 spiro atoms. The van der Waals surface area contributed by atoms with Crippen molar-refractivity contribution in [2.45, 2.75) is 44.4 Å². The Balaban J connectivity index is 2.09. The topological polar surface area (TPSA) is 58.7 Å². The van der Waals surface area contributed by atoms with Gasteiger partial charge in [0.25, 0.3) is 0 Å². The summed E-state index contributed by atoms with van der Waals surface area (Å²) in [4.78, 5) is 4.76. The zero-order valence-electron chi connectivity index (χ0n) is 12.6. The van der Waals surface area contributed by atoms with E-state index in [4.69, 9.17) is 10.5 Å². The van der Waals surface area contributed by atoms with Crippen molar-refractivity contribution in [3.63, 3.8) is 0 Å². The predicted molar refractivity (Wildman–Crippen MR) is 83.1 cm³/mol. The fourth-order valence-electron chi connectivity index (χ4n) is 2.96. The number of thiophene rings is 1. The van der Waals surface area contributed by atoms with E-state index in [9.17, 15) is 5.11 Å². The highest BCUT2D eigenvalue weighted by molar-refractivity contribution is 7.12. The van der Waals surface area contributed by atoms with Gasteiger partial charge in [0.2, 0.25) is 0 Å². The molecule has 3 N–H and O–H groups in total. The van der Waals surface area contributed by atoms with Crippen molar-refractivity contribution < 1.29 is 9.84 Å². The van der Waals surface area contributed by atoms with E-state index in [2.05, 4.69) is 31.0 Å². The Labute approximate surface area is 125 Å². The number of ether oxygens (including phenoxy) is 1. The van der Waals surface area contributed by atoms with E-state index in [1.165, 1.54) is 9.75 Å². The molecule has 0 radical (unpaired) electrons. The summed E-state index contributed by atoms with van der Waals surface area (Å²) in [7, 11) is 2.05. The van der Waals surface area contributed by atoms with Crippen LogP contribution in [0, 0.1) is 6.92 Å². The Morgan fingerprint density at radius 3 is 2.60 bits per heavy atom. The molecule has 4 nitrogen and oxygen atoms in total. The van der Waals surface area contributed by atoms with Gasteiger partial charge in [0.15, 0.2) is 0 Å². The molecule has 1 aromatic rings. The van der Waals surface area contributed by atoms with E-state index < -0.39 is 5.60 Å². The third kappa shape index (κ3) is 3.80. The third-order valence-electron chi connectivity index (χ3n) is 3.99. The quantitative estimate of drug-likeness (QED) is 0.872. The van der Waals surface area contributed by atoms with Crippen LogP contribution in [0.5, 0.6) is 0 Å². The summed E-state index contributed by atoms with van der Waals surface area (Å²) in [5, 5.41) is 10.7. The molecule has 0 amide bonds. The summed E-state index contributed by atoms with van der Waals surface area (Å²) in [6.45, 7) is 6.07. The molecule has 2 atom stereocenters. The second-order valence-electron chi connectivity index (χ2n) is 6.00. The summed E-state index contributed by atoms with van der Waals surface area (Å²) >= 11 is 1.79. The van der Waals surface area contributed by atoms with Gasteiger partial charge < -0.3 is 15.6 Å². The molecule has 0 bridgehead atoms.